The van der Waals surface area contributed by atoms with Gasteiger partial charge in [0.25, 0.3) is 11.8 Å². The quantitative estimate of drug-likeness (QED) is 0.680. The molecule has 3 rings (SSSR count). The fraction of sp³-hybridized carbons (Fsp3) is 0.500. The number of urea groups is 1. The summed E-state index contributed by atoms with van der Waals surface area (Å²) in [6.45, 7) is 3.64. The highest BCUT2D eigenvalue weighted by Gasteiger charge is 2.34. The Hall–Kier alpha value is -2.37. The van der Waals surface area contributed by atoms with E-state index in [1.165, 1.54) is 11.3 Å². The highest BCUT2D eigenvalue weighted by atomic mass is 16.2. The molecule has 1 saturated heterocycles. The van der Waals surface area contributed by atoms with Crippen LogP contribution in [0.5, 0.6) is 0 Å². The Balaban J connectivity index is 1.47. The Kier molecular flexibility index (Phi) is 4.83. The summed E-state index contributed by atoms with van der Waals surface area (Å²) < 4.78 is 0. The Morgan fingerprint density at radius 2 is 1.83 bits per heavy atom. The van der Waals surface area contributed by atoms with Gasteiger partial charge in [-0.05, 0) is 44.7 Å². The van der Waals surface area contributed by atoms with Crippen LogP contribution in [0.25, 0.3) is 0 Å². The molecule has 1 fully saturated rings. The first-order valence-electron chi connectivity index (χ1n) is 8.59. The number of nitrogens with zero attached hydrogens (tertiary/aromatic N) is 2. The Morgan fingerprint density at radius 3 is 2.46 bits per heavy atom. The van der Waals surface area contributed by atoms with E-state index in [0.717, 1.165) is 19.4 Å². The van der Waals surface area contributed by atoms with Gasteiger partial charge in [-0.3, -0.25) is 14.5 Å². The van der Waals surface area contributed by atoms with Gasteiger partial charge in [-0.1, -0.05) is 12.1 Å². The Morgan fingerprint density at radius 1 is 1.17 bits per heavy atom. The number of carbonyl (C=O) groups is 3. The first-order chi connectivity index (χ1) is 11.6. The average molecular weight is 329 g/mol. The highest BCUT2D eigenvalue weighted by molar-refractivity contribution is 6.21. The number of likely N-dealkylation sites (tertiary alicyclic amines) is 1. The standard InChI is InChI=1S/C18H23N3O3/c1-13-7-4-5-11-20(13)18(24)19-10-6-12-21-16(22)14-8-2-3-9-15(14)17(21)23/h2-3,8-9,13H,4-7,10-12H2,1H3,(H,19,24). The maximum Gasteiger partial charge on any atom is 0.317 e. The molecule has 2 heterocycles. The van der Waals surface area contributed by atoms with E-state index in [1.54, 1.807) is 24.3 Å². The van der Waals surface area contributed by atoms with Crippen LogP contribution < -0.4 is 5.32 Å². The largest absolute Gasteiger partial charge is 0.338 e. The number of carbonyl (C=O) groups excluding carboxylic acids is 3. The molecular formula is C18H23N3O3. The monoisotopic (exact) mass is 329 g/mol. The van der Waals surface area contributed by atoms with Crippen molar-refractivity contribution < 1.29 is 14.4 Å². The van der Waals surface area contributed by atoms with Gasteiger partial charge < -0.3 is 10.2 Å². The van der Waals surface area contributed by atoms with Crippen LogP contribution in [0.3, 0.4) is 0 Å². The summed E-state index contributed by atoms with van der Waals surface area (Å²) in [6.07, 6.45) is 3.82. The number of hydrogen-bond acceptors (Lipinski definition) is 3. The molecular weight excluding hydrogens is 306 g/mol. The smallest absolute Gasteiger partial charge is 0.317 e. The van der Waals surface area contributed by atoms with Crippen LogP contribution in [0.4, 0.5) is 4.79 Å². The van der Waals surface area contributed by atoms with E-state index in [9.17, 15) is 14.4 Å². The minimum Gasteiger partial charge on any atom is -0.338 e. The van der Waals surface area contributed by atoms with Crippen molar-refractivity contribution in [1.82, 2.24) is 15.1 Å². The minimum atomic E-state index is -0.244. The molecule has 0 spiro atoms. The summed E-state index contributed by atoms with van der Waals surface area (Å²) in [7, 11) is 0. The molecule has 128 valence electrons. The lowest BCUT2D eigenvalue weighted by Gasteiger charge is -2.33. The van der Waals surface area contributed by atoms with Gasteiger partial charge in [-0.15, -0.1) is 0 Å². The molecule has 4 amide bonds. The second-order valence-electron chi connectivity index (χ2n) is 6.43. The third-order valence-electron chi connectivity index (χ3n) is 4.78. The molecule has 1 unspecified atom stereocenters. The van der Waals surface area contributed by atoms with E-state index < -0.39 is 0 Å². The number of imide groups is 1. The third-order valence-corrected chi connectivity index (χ3v) is 4.78. The first kappa shape index (κ1) is 16.5. The van der Waals surface area contributed by atoms with Gasteiger partial charge in [0.1, 0.15) is 0 Å². The number of benzene rings is 1. The van der Waals surface area contributed by atoms with Crippen molar-refractivity contribution in [2.75, 3.05) is 19.6 Å². The van der Waals surface area contributed by atoms with Gasteiger partial charge in [-0.2, -0.15) is 0 Å². The van der Waals surface area contributed by atoms with Crippen molar-refractivity contribution in [2.45, 2.75) is 38.6 Å². The number of piperidine rings is 1. The summed E-state index contributed by atoms with van der Waals surface area (Å²) in [5, 5.41) is 2.90. The third kappa shape index (κ3) is 3.13. The van der Waals surface area contributed by atoms with Crippen molar-refractivity contribution >= 4 is 17.8 Å². The summed E-state index contributed by atoms with van der Waals surface area (Å²) in [4.78, 5) is 39.8. The summed E-state index contributed by atoms with van der Waals surface area (Å²) in [6, 6.07) is 7.09. The molecule has 0 radical (unpaired) electrons. The van der Waals surface area contributed by atoms with Crippen LogP contribution in [0, 0.1) is 0 Å². The predicted molar refractivity (Wildman–Crippen MR) is 89.8 cm³/mol. The molecule has 2 aliphatic rings. The van der Waals surface area contributed by atoms with Gasteiger partial charge in [0, 0.05) is 25.7 Å². The van der Waals surface area contributed by atoms with Gasteiger partial charge in [0.2, 0.25) is 0 Å². The molecule has 0 aromatic heterocycles. The Bertz CT molecular complexity index is 624. The minimum absolute atomic E-state index is 0.0513. The van der Waals surface area contributed by atoms with Gasteiger partial charge in [0.05, 0.1) is 11.1 Å². The molecule has 1 atom stereocenters. The van der Waals surface area contributed by atoms with Crippen LogP contribution in [0.2, 0.25) is 0 Å². The van der Waals surface area contributed by atoms with Gasteiger partial charge >= 0.3 is 6.03 Å². The zero-order chi connectivity index (χ0) is 17.1. The molecule has 2 aliphatic heterocycles. The van der Waals surface area contributed by atoms with Crippen LogP contribution >= 0.6 is 0 Å². The van der Waals surface area contributed by atoms with Crippen molar-refractivity contribution in [2.24, 2.45) is 0 Å². The molecule has 6 nitrogen and oxygen atoms in total. The summed E-state index contributed by atoms with van der Waals surface area (Å²) in [5.74, 6) is -0.488. The first-order valence-corrected chi connectivity index (χ1v) is 8.59. The molecule has 1 aromatic rings. The average Bonchev–Trinajstić information content (AvgIpc) is 2.84. The number of fused-ring (bicyclic) bond motifs is 1. The van der Waals surface area contributed by atoms with Crippen LogP contribution in [0.1, 0.15) is 53.3 Å². The molecule has 0 saturated carbocycles. The SMILES string of the molecule is CC1CCCCN1C(=O)NCCCN1C(=O)c2ccccc2C1=O. The molecule has 24 heavy (non-hydrogen) atoms. The second kappa shape index (κ2) is 7.03. The predicted octanol–water partition coefficient (Wildman–Crippen LogP) is 2.26. The van der Waals surface area contributed by atoms with Crippen molar-refractivity contribution in [3.63, 3.8) is 0 Å². The van der Waals surface area contributed by atoms with E-state index in [-0.39, 0.29) is 23.9 Å². The lowest BCUT2D eigenvalue weighted by Crippen LogP contribution is -2.48. The highest BCUT2D eigenvalue weighted by Crippen LogP contribution is 2.22. The fourth-order valence-electron chi connectivity index (χ4n) is 3.38. The van der Waals surface area contributed by atoms with E-state index in [0.29, 0.717) is 30.6 Å². The normalized spacial score (nSPS) is 20.3. The Labute approximate surface area is 141 Å². The zero-order valence-electron chi connectivity index (χ0n) is 14.0. The fourth-order valence-corrected chi connectivity index (χ4v) is 3.38. The second-order valence-corrected chi connectivity index (χ2v) is 6.43. The summed E-state index contributed by atoms with van der Waals surface area (Å²) in [5.41, 5.74) is 0.933. The number of rotatable bonds is 4. The molecule has 0 aliphatic carbocycles. The van der Waals surface area contributed by atoms with Crippen LogP contribution in [-0.4, -0.2) is 53.3 Å². The lowest BCUT2D eigenvalue weighted by molar-refractivity contribution is 0.0653. The molecule has 1 N–H and O–H groups in total. The van der Waals surface area contributed by atoms with E-state index in [1.807, 2.05) is 4.90 Å². The van der Waals surface area contributed by atoms with E-state index in [2.05, 4.69) is 12.2 Å². The van der Waals surface area contributed by atoms with Gasteiger partial charge in [0.15, 0.2) is 0 Å². The van der Waals surface area contributed by atoms with Gasteiger partial charge in [-0.25, -0.2) is 4.79 Å². The topological polar surface area (TPSA) is 69.7 Å². The zero-order valence-corrected chi connectivity index (χ0v) is 14.0. The maximum absolute atomic E-state index is 12.2. The number of amides is 4. The van der Waals surface area contributed by atoms with Crippen molar-refractivity contribution in [3.8, 4) is 0 Å². The molecule has 6 heteroatoms. The van der Waals surface area contributed by atoms with Crippen LogP contribution in [0.15, 0.2) is 24.3 Å². The number of hydrogen-bond donors (Lipinski definition) is 1. The van der Waals surface area contributed by atoms with Crippen molar-refractivity contribution in [1.29, 1.82) is 0 Å². The van der Waals surface area contributed by atoms with E-state index in [4.69, 9.17) is 0 Å². The number of nitrogens with one attached hydrogen (secondary N) is 1. The molecule has 0 bridgehead atoms. The summed E-state index contributed by atoms with van der Waals surface area (Å²) >= 11 is 0. The lowest BCUT2D eigenvalue weighted by atomic mass is 10.0. The molecule has 1 aromatic carbocycles. The maximum atomic E-state index is 12.2. The van der Waals surface area contributed by atoms with Crippen LogP contribution in [-0.2, 0) is 0 Å². The van der Waals surface area contributed by atoms with E-state index >= 15 is 0 Å². The van der Waals surface area contributed by atoms with Crippen molar-refractivity contribution in [3.05, 3.63) is 35.4 Å².